The van der Waals surface area contributed by atoms with Gasteiger partial charge in [0.25, 0.3) is 0 Å². The van der Waals surface area contributed by atoms with Crippen molar-refractivity contribution in [3.63, 3.8) is 0 Å². The van der Waals surface area contributed by atoms with Crippen LogP contribution in [0.3, 0.4) is 0 Å². The summed E-state index contributed by atoms with van der Waals surface area (Å²) in [5.74, 6) is 0.196. The van der Waals surface area contributed by atoms with E-state index in [4.69, 9.17) is 0 Å². The number of nitrogens with one attached hydrogen (secondary N) is 2. The molecule has 1 aliphatic rings. The highest BCUT2D eigenvalue weighted by atomic mass is 32.1. The first kappa shape index (κ1) is 13.3. The van der Waals surface area contributed by atoms with Crippen molar-refractivity contribution in [1.82, 2.24) is 10.3 Å². The second kappa shape index (κ2) is 6.15. The van der Waals surface area contributed by atoms with Crippen LogP contribution in [0.4, 0.5) is 5.69 Å². The summed E-state index contributed by atoms with van der Waals surface area (Å²) in [5, 5.41) is 9.21. The molecule has 1 aromatic carbocycles. The van der Waals surface area contributed by atoms with Crippen LogP contribution in [0.2, 0.25) is 0 Å². The Bertz CT molecular complexity index is 559. The van der Waals surface area contributed by atoms with Crippen LogP contribution in [0.25, 0.3) is 10.6 Å². The fraction of sp³-hybridized carbons (Fsp3) is 0.333. The molecular formula is C15H17N3OS. The SMILES string of the molecule is O=C(Nc1ccc(-c2nccs2)cc1)C1CCCNC1. The van der Waals surface area contributed by atoms with Crippen molar-refractivity contribution in [1.29, 1.82) is 0 Å². The average Bonchev–Trinajstić information content (AvgIpc) is 3.03. The molecule has 1 atom stereocenters. The van der Waals surface area contributed by atoms with E-state index < -0.39 is 0 Å². The van der Waals surface area contributed by atoms with Crippen molar-refractivity contribution >= 4 is 22.9 Å². The maximum absolute atomic E-state index is 12.1. The van der Waals surface area contributed by atoms with Crippen LogP contribution in [-0.2, 0) is 4.79 Å². The molecule has 1 unspecified atom stereocenters. The van der Waals surface area contributed by atoms with E-state index in [0.717, 1.165) is 42.2 Å². The molecule has 5 heteroatoms. The molecule has 20 heavy (non-hydrogen) atoms. The van der Waals surface area contributed by atoms with E-state index in [-0.39, 0.29) is 11.8 Å². The lowest BCUT2D eigenvalue weighted by atomic mass is 9.99. The number of benzene rings is 1. The summed E-state index contributed by atoms with van der Waals surface area (Å²) < 4.78 is 0. The summed E-state index contributed by atoms with van der Waals surface area (Å²) in [7, 11) is 0. The predicted octanol–water partition coefficient (Wildman–Crippen LogP) is 2.75. The van der Waals surface area contributed by atoms with Gasteiger partial charge in [0.15, 0.2) is 0 Å². The number of carbonyl (C=O) groups is 1. The normalized spacial score (nSPS) is 18.7. The molecule has 1 aromatic heterocycles. The van der Waals surface area contributed by atoms with E-state index in [0.29, 0.717) is 0 Å². The lowest BCUT2D eigenvalue weighted by Gasteiger charge is -2.21. The third-order valence-corrected chi connectivity index (χ3v) is 4.32. The van der Waals surface area contributed by atoms with Gasteiger partial charge in [0.05, 0.1) is 5.92 Å². The van der Waals surface area contributed by atoms with Crippen molar-refractivity contribution in [3.8, 4) is 10.6 Å². The maximum Gasteiger partial charge on any atom is 0.228 e. The largest absolute Gasteiger partial charge is 0.326 e. The zero-order chi connectivity index (χ0) is 13.8. The standard InChI is InChI=1S/C15H17N3OS/c19-14(12-2-1-7-16-10-12)18-13-5-3-11(4-6-13)15-17-8-9-20-15/h3-6,8-9,12,16H,1-2,7,10H2,(H,18,19). The Labute approximate surface area is 122 Å². The van der Waals surface area contributed by atoms with Crippen molar-refractivity contribution in [3.05, 3.63) is 35.8 Å². The van der Waals surface area contributed by atoms with Gasteiger partial charge in [0, 0.05) is 29.4 Å². The molecule has 2 heterocycles. The first-order valence-corrected chi connectivity index (χ1v) is 7.72. The second-order valence-electron chi connectivity index (χ2n) is 4.95. The quantitative estimate of drug-likeness (QED) is 0.912. The molecule has 2 aromatic rings. The topological polar surface area (TPSA) is 54.0 Å². The van der Waals surface area contributed by atoms with Crippen LogP contribution < -0.4 is 10.6 Å². The molecule has 3 rings (SSSR count). The molecule has 1 amide bonds. The molecule has 1 fully saturated rings. The van der Waals surface area contributed by atoms with E-state index in [1.54, 1.807) is 17.5 Å². The number of aromatic nitrogens is 1. The van der Waals surface area contributed by atoms with Crippen molar-refractivity contribution in [2.45, 2.75) is 12.8 Å². The molecule has 1 saturated heterocycles. The minimum Gasteiger partial charge on any atom is -0.326 e. The zero-order valence-corrected chi connectivity index (χ0v) is 12.0. The lowest BCUT2D eigenvalue weighted by Crippen LogP contribution is -2.37. The fourth-order valence-electron chi connectivity index (χ4n) is 2.38. The van der Waals surface area contributed by atoms with Gasteiger partial charge in [-0.15, -0.1) is 11.3 Å². The van der Waals surface area contributed by atoms with Crippen molar-refractivity contribution in [2.24, 2.45) is 5.92 Å². The lowest BCUT2D eigenvalue weighted by molar-refractivity contribution is -0.120. The number of amides is 1. The molecule has 4 nitrogen and oxygen atoms in total. The van der Waals surface area contributed by atoms with E-state index >= 15 is 0 Å². The predicted molar refractivity (Wildman–Crippen MR) is 81.8 cm³/mol. The summed E-state index contributed by atoms with van der Waals surface area (Å²) in [6.07, 6.45) is 3.84. The van der Waals surface area contributed by atoms with Gasteiger partial charge < -0.3 is 10.6 Å². The summed E-state index contributed by atoms with van der Waals surface area (Å²) in [6.45, 7) is 1.80. The number of hydrogen-bond acceptors (Lipinski definition) is 4. The average molecular weight is 287 g/mol. The molecule has 1 aliphatic heterocycles. The van der Waals surface area contributed by atoms with Gasteiger partial charge in [-0.2, -0.15) is 0 Å². The highest BCUT2D eigenvalue weighted by Gasteiger charge is 2.20. The number of hydrogen-bond donors (Lipinski definition) is 2. The smallest absolute Gasteiger partial charge is 0.228 e. The number of nitrogens with zero attached hydrogens (tertiary/aromatic N) is 1. The van der Waals surface area contributed by atoms with Crippen LogP contribution in [0, 0.1) is 5.92 Å². The molecule has 0 radical (unpaired) electrons. The van der Waals surface area contributed by atoms with Crippen LogP contribution in [0.15, 0.2) is 35.8 Å². The number of rotatable bonds is 3. The van der Waals surface area contributed by atoms with E-state index in [2.05, 4.69) is 15.6 Å². The van der Waals surface area contributed by atoms with Gasteiger partial charge in [-0.25, -0.2) is 4.98 Å². The fourth-order valence-corrected chi connectivity index (χ4v) is 3.03. The Hall–Kier alpha value is -1.72. The van der Waals surface area contributed by atoms with Gasteiger partial charge in [-0.3, -0.25) is 4.79 Å². The Balaban J connectivity index is 1.64. The second-order valence-corrected chi connectivity index (χ2v) is 5.84. The maximum atomic E-state index is 12.1. The molecule has 0 saturated carbocycles. The Morgan fingerprint density at radius 2 is 2.20 bits per heavy atom. The number of thiazole rings is 1. The van der Waals surface area contributed by atoms with E-state index in [9.17, 15) is 4.79 Å². The van der Waals surface area contributed by atoms with Crippen LogP contribution >= 0.6 is 11.3 Å². The Kier molecular flexibility index (Phi) is 4.08. The highest BCUT2D eigenvalue weighted by molar-refractivity contribution is 7.13. The first-order chi connectivity index (χ1) is 9.83. The minimum atomic E-state index is 0.0855. The zero-order valence-electron chi connectivity index (χ0n) is 11.1. The summed E-state index contributed by atoms with van der Waals surface area (Å²) in [5.41, 5.74) is 1.93. The third kappa shape index (κ3) is 3.05. The number of anilines is 1. The monoisotopic (exact) mass is 287 g/mol. The van der Waals surface area contributed by atoms with E-state index in [1.165, 1.54) is 0 Å². The third-order valence-electron chi connectivity index (χ3n) is 3.50. The first-order valence-electron chi connectivity index (χ1n) is 6.84. The molecule has 104 valence electrons. The molecule has 0 bridgehead atoms. The van der Waals surface area contributed by atoms with Gasteiger partial charge in [0.2, 0.25) is 5.91 Å². The van der Waals surface area contributed by atoms with Gasteiger partial charge >= 0.3 is 0 Å². The summed E-state index contributed by atoms with van der Waals surface area (Å²) >= 11 is 1.61. The van der Waals surface area contributed by atoms with Crippen LogP contribution in [-0.4, -0.2) is 24.0 Å². The van der Waals surface area contributed by atoms with Gasteiger partial charge in [-0.1, -0.05) is 0 Å². The Morgan fingerprint density at radius 1 is 1.35 bits per heavy atom. The van der Waals surface area contributed by atoms with Gasteiger partial charge in [0.1, 0.15) is 5.01 Å². The molecular weight excluding hydrogens is 270 g/mol. The molecule has 0 spiro atoms. The summed E-state index contributed by atoms with van der Waals surface area (Å²) in [6, 6.07) is 7.86. The molecule has 0 aliphatic carbocycles. The van der Waals surface area contributed by atoms with Crippen LogP contribution in [0.1, 0.15) is 12.8 Å². The minimum absolute atomic E-state index is 0.0855. The van der Waals surface area contributed by atoms with Gasteiger partial charge in [-0.05, 0) is 43.7 Å². The summed E-state index contributed by atoms with van der Waals surface area (Å²) in [4.78, 5) is 16.4. The van der Waals surface area contributed by atoms with Crippen molar-refractivity contribution in [2.75, 3.05) is 18.4 Å². The highest BCUT2D eigenvalue weighted by Crippen LogP contribution is 2.23. The number of carbonyl (C=O) groups excluding carboxylic acids is 1. The number of piperidine rings is 1. The molecule has 2 N–H and O–H groups in total. The van der Waals surface area contributed by atoms with Crippen LogP contribution in [0.5, 0.6) is 0 Å². The van der Waals surface area contributed by atoms with E-state index in [1.807, 2.05) is 29.6 Å². The van der Waals surface area contributed by atoms with Crippen molar-refractivity contribution < 1.29 is 4.79 Å². The Morgan fingerprint density at radius 3 is 2.85 bits per heavy atom.